The number of carbonyl (C=O) groups excluding carboxylic acids is 1. The van der Waals surface area contributed by atoms with Gasteiger partial charge >= 0.3 is 0 Å². The number of nitrogens with one attached hydrogen (secondary N) is 1. The number of anilines is 2. The molecule has 7 heteroatoms. The summed E-state index contributed by atoms with van der Waals surface area (Å²) in [5.74, 6) is 0.896. The molecule has 1 aromatic heterocycles. The topological polar surface area (TPSA) is 61.4 Å². The Labute approximate surface area is 159 Å². The molecule has 1 fully saturated rings. The first-order chi connectivity index (χ1) is 13.0. The molecule has 1 aromatic carbocycles. The van der Waals surface area contributed by atoms with Gasteiger partial charge in [0.05, 0.1) is 5.69 Å². The molecule has 0 radical (unpaired) electrons. The molecule has 3 rings (SSSR count). The summed E-state index contributed by atoms with van der Waals surface area (Å²) >= 11 is 0. The first-order valence-electron chi connectivity index (χ1n) is 9.39. The van der Waals surface area contributed by atoms with Gasteiger partial charge in [-0.3, -0.25) is 4.79 Å². The van der Waals surface area contributed by atoms with Crippen LogP contribution in [0.5, 0.6) is 0 Å². The molecule has 0 aliphatic carbocycles. The average Bonchev–Trinajstić information content (AvgIpc) is 2.67. The smallest absolute Gasteiger partial charge is 0.272 e. The Bertz CT molecular complexity index is 805. The molecule has 27 heavy (non-hydrogen) atoms. The van der Waals surface area contributed by atoms with Crippen LogP contribution in [-0.2, 0) is 0 Å². The van der Waals surface area contributed by atoms with Crippen LogP contribution < -0.4 is 10.2 Å². The number of carbonyl (C=O) groups is 1. The summed E-state index contributed by atoms with van der Waals surface area (Å²) in [6.07, 6.45) is 0.963. The molecule has 0 bridgehead atoms. The van der Waals surface area contributed by atoms with Crippen molar-refractivity contribution in [3.05, 3.63) is 47.7 Å². The fourth-order valence-corrected chi connectivity index (χ4v) is 3.13. The fourth-order valence-electron chi connectivity index (χ4n) is 3.13. The van der Waals surface area contributed by atoms with Crippen LogP contribution in [0.2, 0.25) is 0 Å². The van der Waals surface area contributed by atoms with Gasteiger partial charge in [0, 0.05) is 38.3 Å². The molecule has 2 aromatic rings. The third-order valence-electron chi connectivity index (χ3n) is 4.82. The van der Waals surface area contributed by atoms with Gasteiger partial charge in [0.25, 0.3) is 5.91 Å². The van der Waals surface area contributed by atoms with Gasteiger partial charge in [0.1, 0.15) is 23.2 Å². The van der Waals surface area contributed by atoms with Crippen molar-refractivity contribution >= 4 is 17.4 Å². The van der Waals surface area contributed by atoms with Crippen molar-refractivity contribution in [2.45, 2.75) is 33.2 Å². The van der Waals surface area contributed by atoms with Crippen molar-refractivity contribution in [2.24, 2.45) is 0 Å². The Hall–Kier alpha value is -2.70. The van der Waals surface area contributed by atoms with Crippen molar-refractivity contribution in [3.8, 4) is 0 Å². The van der Waals surface area contributed by atoms with Crippen molar-refractivity contribution < 1.29 is 9.18 Å². The number of hydrogen-bond donors (Lipinski definition) is 1. The van der Waals surface area contributed by atoms with Crippen molar-refractivity contribution in [2.75, 3.05) is 36.4 Å². The largest absolute Gasteiger partial charge is 0.368 e. The second-order valence-electron chi connectivity index (χ2n) is 6.87. The zero-order valence-corrected chi connectivity index (χ0v) is 16.1. The first kappa shape index (κ1) is 19.1. The van der Waals surface area contributed by atoms with E-state index in [1.807, 2.05) is 11.0 Å². The molecule has 0 saturated carbocycles. The third kappa shape index (κ3) is 4.53. The number of para-hydroxylation sites is 1. The van der Waals surface area contributed by atoms with E-state index in [4.69, 9.17) is 0 Å². The molecule has 1 amide bonds. The molecular weight excluding hydrogens is 345 g/mol. The van der Waals surface area contributed by atoms with Gasteiger partial charge in [-0.15, -0.1) is 0 Å². The van der Waals surface area contributed by atoms with Gasteiger partial charge < -0.3 is 15.1 Å². The van der Waals surface area contributed by atoms with Crippen molar-refractivity contribution in [1.82, 2.24) is 14.9 Å². The molecule has 2 heterocycles. The number of aryl methyl sites for hydroxylation is 1. The molecule has 144 valence electrons. The van der Waals surface area contributed by atoms with Crippen LogP contribution in [0.25, 0.3) is 0 Å². The maximum Gasteiger partial charge on any atom is 0.272 e. The normalized spacial score (nSPS) is 15.6. The van der Waals surface area contributed by atoms with Crippen LogP contribution >= 0.6 is 0 Å². The Morgan fingerprint density at radius 3 is 2.59 bits per heavy atom. The Morgan fingerprint density at radius 2 is 1.93 bits per heavy atom. The highest BCUT2D eigenvalue weighted by Crippen LogP contribution is 2.21. The number of piperazine rings is 1. The van der Waals surface area contributed by atoms with Gasteiger partial charge in [-0.2, -0.15) is 0 Å². The van der Waals surface area contributed by atoms with Crippen LogP contribution in [0.1, 0.15) is 36.6 Å². The van der Waals surface area contributed by atoms with Crippen molar-refractivity contribution in [3.63, 3.8) is 0 Å². The van der Waals surface area contributed by atoms with E-state index >= 15 is 0 Å². The van der Waals surface area contributed by atoms with Gasteiger partial charge in [0.15, 0.2) is 0 Å². The number of nitrogens with zero attached hydrogens (tertiary/aromatic N) is 4. The predicted molar refractivity (Wildman–Crippen MR) is 105 cm³/mol. The van der Waals surface area contributed by atoms with Gasteiger partial charge in [0.2, 0.25) is 0 Å². The Kier molecular flexibility index (Phi) is 5.88. The maximum absolute atomic E-state index is 14.0. The SMILES string of the molecule is CCC(C)Nc1cc(C(=O)N2CCN(c3ccccc3F)CC2)nc(C)n1. The highest BCUT2D eigenvalue weighted by atomic mass is 19.1. The number of benzene rings is 1. The average molecular weight is 371 g/mol. The van der Waals surface area contributed by atoms with E-state index in [0.717, 1.165) is 6.42 Å². The Morgan fingerprint density at radius 1 is 1.22 bits per heavy atom. The zero-order chi connectivity index (χ0) is 19.4. The van der Waals surface area contributed by atoms with Crippen LogP contribution in [0.3, 0.4) is 0 Å². The summed E-state index contributed by atoms with van der Waals surface area (Å²) in [4.78, 5) is 25.3. The minimum Gasteiger partial charge on any atom is -0.368 e. The van der Waals surface area contributed by atoms with E-state index in [0.29, 0.717) is 49.2 Å². The lowest BCUT2D eigenvalue weighted by Crippen LogP contribution is -2.49. The standard InChI is InChI=1S/C20H26FN5O/c1-4-14(2)22-19-13-17(23-15(3)24-19)20(27)26-11-9-25(10-12-26)18-8-6-5-7-16(18)21/h5-8,13-14H,4,9-12H2,1-3H3,(H,22,23,24). The molecule has 1 aliphatic rings. The quantitative estimate of drug-likeness (QED) is 0.875. The van der Waals surface area contributed by atoms with E-state index in [9.17, 15) is 9.18 Å². The molecule has 1 saturated heterocycles. The minimum atomic E-state index is -0.232. The molecular formula is C20H26FN5O. The fraction of sp³-hybridized carbons (Fsp3) is 0.450. The molecule has 6 nitrogen and oxygen atoms in total. The summed E-state index contributed by atoms with van der Waals surface area (Å²) in [7, 11) is 0. The highest BCUT2D eigenvalue weighted by molar-refractivity contribution is 5.93. The lowest BCUT2D eigenvalue weighted by molar-refractivity contribution is 0.0740. The van der Waals surface area contributed by atoms with E-state index in [1.54, 1.807) is 30.0 Å². The minimum absolute atomic E-state index is 0.110. The molecule has 0 spiro atoms. The number of hydrogen-bond acceptors (Lipinski definition) is 5. The molecule has 1 aliphatic heterocycles. The maximum atomic E-state index is 14.0. The number of halogens is 1. The summed E-state index contributed by atoms with van der Waals surface area (Å²) in [5.41, 5.74) is 0.982. The van der Waals surface area contributed by atoms with Crippen LogP contribution in [0.15, 0.2) is 30.3 Å². The van der Waals surface area contributed by atoms with Crippen LogP contribution in [0, 0.1) is 12.7 Å². The molecule has 1 atom stereocenters. The number of aromatic nitrogens is 2. The number of rotatable bonds is 5. The summed E-state index contributed by atoms with van der Waals surface area (Å²) < 4.78 is 14.0. The van der Waals surface area contributed by atoms with Gasteiger partial charge in [-0.05, 0) is 32.4 Å². The molecule has 1 N–H and O–H groups in total. The summed E-state index contributed by atoms with van der Waals surface area (Å²) in [6, 6.07) is 8.72. The lowest BCUT2D eigenvalue weighted by Gasteiger charge is -2.36. The highest BCUT2D eigenvalue weighted by Gasteiger charge is 2.25. The first-order valence-corrected chi connectivity index (χ1v) is 9.39. The van der Waals surface area contributed by atoms with E-state index in [-0.39, 0.29) is 17.8 Å². The van der Waals surface area contributed by atoms with Crippen LogP contribution in [-0.4, -0.2) is 53.0 Å². The van der Waals surface area contributed by atoms with Gasteiger partial charge in [-0.25, -0.2) is 14.4 Å². The second kappa shape index (κ2) is 8.33. The van der Waals surface area contributed by atoms with Crippen molar-refractivity contribution in [1.29, 1.82) is 0 Å². The summed E-state index contributed by atoms with van der Waals surface area (Å²) in [6.45, 7) is 8.19. The molecule has 1 unspecified atom stereocenters. The third-order valence-corrected chi connectivity index (χ3v) is 4.82. The summed E-state index contributed by atoms with van der Waals surface area (Å²) in [5, 5.41) is 3.29. The van der Waals surface area contributed by atoms with Gasteiger partial charge in [-0.1, -0.05) is 19.1 Å². The second-order valence-corrected chi connectivity index (χ2v) is 6.87. The number of amides is 1. The Balaban J connectivity index is 1.68. The van der Waals surface area contributed by atoms with E-state index in [1.165, 1.54) is 6.07 Å². The lowest BCUT2D eigenvalue weighted by atomic mass is 10.2. The van der Waals surface area contributed by atoms with Crippen LogP contribution in [0.4, 0.5) is 15.9 Å². The van der Waals surface area contributed by atoms with E-state index < -0.39 is 0 Å². The zero-order valence-electron chi connectivity index (χ0n) is 16.1. The van der Waals surface area contributed by atoms with E-state index in [2.05, 4.69) is 29.1 Å². The monoisotopic (exact) mass is 371 g/mol. The predicted octanol–water partition coefficient (Wildman–Crippen LogP) is 3.10.